The molecule has 0 saturated carbocycles. The van der Waals surface area contributed by atoms with Crippen LogP contribution in [-0.2, 0) is 13.6 Å². The molecule has 1 saturated heterocycles. The lowest BCUT2D eigenvalue weighted by Gasteiger charge is -2.26. The number of nitrogens with one attached hydrogen (secondary N) is 1. The first kappa shape index (κ1) is 10.9. The van der Waals surface area contributed by atoms with Crippen LogP contribution in [0.25, 0.3) is 0 Å². The minimum Gasteiger partial charge on any atom is -0.331 e. The average Bonchev–Trinajstić information content (AvgIpc) is 2.73. The number of carbonyl (C=O) groups excluding carboxylic acids is 1. The van der Waals surface area contributed by atoms with E-state index in [2.05, 4.69) is 15.4 Å². The molecule has 1 N–H and O–H groups in total. The maximum absolute atomic E-state index is 11.7. The Hall–Kier alpha value is -1.59. The monoisotopic (exact) mass is 223 g/mol. The Balaban J connectivity index is 1.78. The molecule has 16 heavy (non-hydrogen) atoms. The zero-order chi connectivity index (χ0) is 11.4. The highest BCUT2D eigenvalue weighted by atomic mass is 16.2. The van der Waals surface area contributed by atoms with Gasteiger partial charge in [-0.25, -0.2) is 9.78 Å². The van der Waals surface area contributed by atoms with Crippen molar-refractivity contribution >= 4 is 6.03 Å². The van der Waals surface area contributed by atoms with Crippen molar-refractivity contribution in [3.05, 3.63) is 12.2 Å². The largest absolute Gasteiger partial charge is 0.331 e. The number of rotatable bonds is 2. The van der Waals surface area contributed by atoms with E-state index in [1.165, 1.54) is 6.42 Å². The van der Waals surface area contributed by atoms with Gasteiger partial charge in [-0.1, -0.05) is 0 Å². The molecular weight excluding hydrogens is 206 g/mol. The quantitative estimate of drug-likeness (QED) is 0.794. The number of piperidine rings is 1. The molecule has 0 spiro atoms. The number of aryl methyl sites for hydroxylation is 1. The van der Waals surface area contributed by atoms with Crippen LogP contribution in [0.3, 0.4) is 0 Å². The molecule has 0 radical (unpaired) electrons. The van der Waals surface area contributed by atoms with Gasteiger partial charge in [-0.15, -0.1) is 0 Å². The van der Waals surface area contributed by atoms with Crippen LogP contribution in [0.2, 0.25) is 0 Å². The molecule has 6 heteroatoms. The Morgan fingerprint density at radius 1 is 1.44 bits per heavy atom. The highest BCUT2D eigenvalue weighted by Gasteiger charge is 2.16. The molecule has 1 fully saturated rings. The minimum absolute atomic E-state index is 0.00727. The number of aromatic nitrogens is 3. The van der Waals surface area contributed by atoms with Crippen LogP contribution in [0.4, 0.5) is 4.79 Å². The molecule has 2 rings (SSSR count). The summed E-state index contributed by atoms with van der Waals surface area (Å²) >= 11 is 0. The maximum Gasteiger partial charge on any atom is 0.317 e. The highest BCUT2D eigenvalue weighted by molar-refractivity contribution is 5.74. The molecule has 1 aliphatic rings. The standard InChI is InChI=1S/C10H17N5O/c1-14-8-12-9(13-14)7-11-10(16)15-5-3-2-4-6-15/h8H,2-7H2,1H3,(H,11,16). The fourth-order valence-corrected chi connectivity index (χ4v) is 1.83. The van der Waals surface area contributed by atoms with Crippen LogP contribution in [0.5, 0.6) is 0 Å². The highest BCUT2D eigenvalue weighted by Crippen LogP contribution is 2.08. The van der Waals surface area contributed by atoms with Crippen LogP contribution in [0.15, 0.2) is 6.33 Å². The first-order valence-corrected chi connectivity index (χ1v) is 5.63. The second-order valence-corrected chi connectivity index (χ2v) is 4.04. The van der Waals surface area contributed by atoms with E-state index in [-0.39, 0.29) is 6.03 Å². The van der Waals surface area contributed by atoms with Crippen LogP contribution < -0.4 is 5.32 Å². The number of urea groups is 1. The van der Waals surface area contributed by atoms with Crippen LogP contribution >= 0.6 is 0 Å². The van der Waals surface area contributed by atoms with Crippen molar-refractivity contribution < 1.29 is 4.79 Å². The molecule has 0 bridgehead atoms. The van der Waals surface area contributed by atoms with Crippen LogP contribution in [0.1, 0.15) is 25.1 Å². The van der Waals surface area contributed by atoms with Gasteiger partial charge in [0.15, 0.2) is 5.82 Å². The van der Waals surface area contributed by atoms with Crippen LogP contribution in [0, 0.1) is 0 Å². The maximum atomic E-state index is 11.7. The van der Waals surface area contributed by atoms with Gasteiger partial charge in [0, 0.05) is 20.1 Å². The Morgan fingerprint density at radius 2 is 2.19 bits per heavy atom. The lowest BCUT2D eigenvalue weighted by atomic mass is 10.1. The van der Waals surface area contributed by atoms with E-state index >= 15 is 0 Å². The molecule has 1 aromatic rings. The summed E-state index contributed by atoms with van der Waals surface area (Å²) in [6, 6.07) is -0.00727. The number of nitrogens with zero attached hydrogens (tertiary/aromatic N) is 4. The van der Waals surface area contributed by atoms with E-state index in [0.717, 1.165) is 25.9 Å². The summed E-state index contributed by atoms with van der Waals surface area (Å²) in [5.41, 5.74) is 0. The molecule has 6 nitrogen and oxygen atoms in total. The summed E-state index contributed by atoms with van der Waals surface area (Å²) in [5, 5.41) is 6.93. The zero-order valence-corrected chi connectivity index (χ0v) is 9.52. The SMILES string of the molecule is Cn1cnc(CNC(=O)N2CCCCC2)n1. The van der Waals surface area contributed by atoms with Gasteiger partial charge in [0.05, 0.1) is 6.54 Å². The smallest absolute Gasteiger partial charge is 0.317 e. The van der Waals surface area contributed by atoms with Crippen molar-refractivity contribution in [1.82, 2.24) is 25.0 Å². The lowest BCUT2D eigenvalue weighted by molar-refractivity contribution is 0.186. The number of amides is 2. The minimum atomic E-state index is -0.00727. The molecule has 0 unspecified atom stereocenters. The van der Waals surface area contributed by atoms with Crippen molar-refractivity contribution in [3.8, 4) is 0 Å². The predicted octanol–water partition coefficient (Wildman–Crippen LogP) is 0.511. The first-order chi connectivity index (χ1) is 7.75. The summed E-state index contributed by atoms with van der Waals surface area (Å²) < 4.78 is 1.63. The fourth-order valence-electron chi connectivity index (χ4n) is 1.83. The van der Waals surface area contributed by atoms with Gasteiger partial charge >= 0.3 is 6.03 Å². The molecule has 1 aliphatic heterocycles. The predicted molar refractivity (Wildman–Crippen MR) is 58.7 cm³/mol. The fraction of sp³-hybridized carbons (Fsp3) is 0.700. The van der Waals surface area contributed by atoms with Crippen molar-refractivity contribution in [1.29, 1.82) is 0 Å². The molecule has 0 aromatic carbocycles. The number of hydrogen-bond donors (Lipinski definition) is 1. The summed E-state index contributed by atoms with van der Waals surface area (Å²) in [7, 11) is 1.81. The van der Waals surface area contributed by atoms with E-state index in [1.807, 2.05) is 11.9 Å². The summed E-state index contributed by atoms with van der Waals surface area (Å²) in [4.78, 5) is 17.6. The molecule has 0 atom stereocenters. The molecule has 0 aliphatic carbocycles. The van der Waals surface area contributed by atoms with Gasteiger partial charge in [-0.2, -0.15) is 5.10 Å². The van der Waals surface area contributed by atoms with Gasteiger partial charge in [-0.05, 0) is 19.3 Å². The van der Waals surface area contributed by atoms with Crippen molar-refractivity contribution in [2.24, 2.45) is 7.05 Å². The lowest BCUT2D eigenvalue weighted by Crippen LogP contribution is -2.42. The van der Waals surface area contributed by atoms with Gasteiger partial charge in [-0.3, -0.25) is 4.68 Å². The molecule has 2 heterocycles. The van der Waals surface area contributed by atoms with E-state index in [1.54, 1.807) is 11.0 Å². The van der Waals surface area contributed by atoms with Crippen molar-refractivity contribution in [2.45, 2.75) is 25.8 Å². The van der Waals surface area contributed by atoms with Crippen molar-refractivity contribution in [3.63, 3.8) is 0 Å². The molecule has 88 valence electrons. The second kappa shape index (κ2) is 4.96. The van der Waals surface area contributed by atoms with E-state index in [0.29, 0.717) is 12.4 Å². The summed E-state index contributed by atoms with van der Waals surface area (Å²) in [6.07, 6.45) is 5.07. The van der Waals surface area contributed by atoms with Gasteiger partial charge in [0.2, 0.25) is 0 Å². The summed E-state index contributed by atoms with van der Waals surface area (Å²) in [5.74, 6) is 0.646. The normalized spacial score (nSPS) is 16.2. The molecule has 2 amide bonds. The van der Waals surface area contributed by atoms with Gasteiger partial charge < -0.3 is 10.2 Å². The molecular formula is C10H17N5O. The molecule has 1 aromatic heterocycles. The second-order valence-electron chi connectivity index (χ2n) is 4.04. The van der Waals surface area contributed by atoms with E-state index in [4.69, 9.17) is 0 Å². The number of carbonyl (C=O) groups is 1. The Bertz CT molecular complexity index is 356. The Labute approximate surface area is 94.6 Å². The van der Waals surface area contributed by atoms with Crippen LogP contribution in [-0.4, -0.2) is 38.8 Å². The van der Waals surface area contributed by atoms with Gasteiger partial charge in [0.25, 0.3) is 0 Å². The third-order valence-electron chi connectivity index (χ3n) is 2.69. The number of likely N-dealkylation sites (tertiary alicyclic amines) is 1. The third kappa shape index (κ3) is 2.71. The Kier molecular flexibility index (Phi) is 3.38. The van der Waals surface area contributed by atoms with Gasteiger partial charge in [0.1, 0.15) is 6.33 Å². The number of hydrogen-bond acceptors (Lipinski definition) is 3. The average molecular weight is 223 g/mol. The van der Waals surface area contributed by atoms with E-state index in [9.17, 15) is 4.79 Å². The Morgan fingerprint density at radius 3 is 2.81 bits per heavy atom. The zero-order valence-electron chi connectivity index (χ0n) is 9.52. The first-order valence-electron chi connectivity index (χ1n) is 5.63. The topological polar surface area (TPSA) is 63.1 Å². The summed E-state index contributed by atoms with van der Waals surface area (Å²) in [6.45, 7) is 2.12. The van der Waals surface area contributed by atoms with E-state index < -0.39 is 0 Å². The van der Waals surface area contributed by atoms with Crippen molar-refractivity contribution in [2.75, 3.05) is 13.1 Å². The third-order valence-corrected chi connectivity index (χ3v) is 2.69.